The van der Waals surface area contributed by atoms with Crippen LogP contribution in [0.2, 0.25) is 0 Å². The Bertz CT molecular complexity index is 839. The second-order valence-electron chi connectivity index (χ2n) is 14.5. The summed E-state index contributed by atoms with van der Waals surface area (Å²) in [6, 6.07) is 0. The summed E-state index contributed by atoms with van der Waals surface area (Å²) in [5, 5.41) is 8.69. The lowest BCUT2D eigenvalue weighted by Crippen LogP contribution is -2.18. The quantitative estimate of drug-likeness (QED) is 0.0394. The van der Waals surface area contributed by atoms with Crippen LogP contribution in [0.1, 0.15) is 226 Å². The second-order valence-corrected chi connectivity index (χ2v) is 14.5. The van der Waals surface area contributed by atoms with Gasteiger partial charge in [0, 0.05) is 12.8 Å². The Morgan fingerprint density at radius 3 is 1.24 bits per heavy atom. The van der Waals surface area contributed by atoms with Gasteiger partial charge >= 0.3 is 11.9 Å². The number of rotatable bonds is 39. The lowest BCUT2D eigenvalue weighted by Gasteiger charge is -2.18. The third-order valence-electron chi connectivity index (χ3n) is 9.55. The molecule has 0 radical (unpaired) electrons. The van der Waals surface area contributed by atoms with Gasteiger partial charge in [-0.25, -0.2) is 0 Å². The first-order chi connectivity index (χ1) is 24.6. The Morgan fingerprint density at radius 2 is 0.780 bits per heavy atom. The van der Waals surface area contributed by atoms with Crippen molar-refractivity contribution in [3.63, 3.8) is 0 Å². The minimum Gasteiger partial charge on any atom is -0.481 e. The second kappa shape index (κ2) is 41.3. The van der Waals surface area contributed by atoms with Gasteiger partial charge in [0.1, 0.15) is 6.10 Å². The molecule has 0 heterocycles. The zero-order valence-corrected chi connectivity index (χ0v) is 33.2. The zero-order chi connectivity index (χ0) is 36.4. The van der Waals surface area contributed by atoms with Crippen molar-refractivity contribution < 1.29 is 19.4 Å². The van der Waals surface area contributed by atoms with Gasteiger partial charge in [0.25, 0.3) is 0 Å². The minimum absolute atomic E-state index is 0.0153. The Balaban J connectivity index is 3.93. The molecule has 1 N–H and O–H groups in total. The molecule has 4 heteroatoms. The van der Waals surface area contributed by atoms with Gasteiger partial charge in [-0.3, -0.25) is 9.59 Å². The van der Waals surface area contributed by atoms with Gasteiger partial charge in [-0.1, -0.05) is 178 Å². The van der Waals surface area contributed by atoms with E-state index in [1.165, 1.54) is 128 Å². The number of hydrogen-bond acceptors (Lipinski definition) is 3. The van der Waals surface area contributed by atoms with Gasteiger partial charge < -0.3 is 9.84 Å². The monoisotopic (exact) mass is 699 g/mol. The van der Waals surface area contributed by atoms with Gasteiger partial charge in [-0.2, -0.15) is 0 Å². The van der Waals surface area contributed by atoms with E-state index in [0.717, 1.165) is 70.6 Å². The summed E-state index contributed by atoms with van der Waals surface area (Å²) in [7, 11) is 0. The van der Waals surface area contributed by atoms with E-state index in [1.807, 2.05) is 0 Å². The van der Waals surface area contributed by atoms with Crippen LogP contribution in [0, 0.1) is 0 Å². The average Bonchev–Trinajstić information content (AvgIpc) is 3.10. The van der Waals surface area contributed by atoms with Gasteiger partial charge in [0.05, 0.1) is 0 Å². The fourth-order valence-corrected chi connectivity index (χ4v) is 6.34. The summed E-state index contributed by atoms with van der Waals surface area (Å²) in [5.41, 5.74) is 0. The first kappa shape index (κ1) is 47.9. The van der Waals surface area contributed by atoms with Crippen molar-refractivity contribution in [2.75, 3.05) is 0 Å². The van der Waals surface area contributed by atoms with Crippen LogP contribution < -0.4 is 0 Å². The highest BCUT2D eigenvalue weighted by Crippen LogP contribution is 2.19. The number of ether oxygens (including phenoxy) is 1. The van der Waals surface area contributed by atoms with Crippen molar-refractivity contribution >= 4 is 11.9 Å². The molecule has 0 aromatic rings. The maximum absolute atomic E-state index is 12.7. The molecule has 0 spiro atoms. The number of aliphatic carboxylic acids is 1. The molecule has 0 aliphatic carbocycles. The van der Waals surface area contributed by atoms with Crippen LogP contribution in [0.25, 0.3) is 0 Å². The van der Waals surface area contributed by atoms with E-state index in [9.17, 15) is 9.59 Å². The fourth-order valence-electron chi connectivity index (χ4n) is 6.34. The molecule has 0 saturated carbocycles. The lowest BCUT2D eigenvalue weighted by molar-refractivity contribution is -0.150. The third-order valence-corrected chi connectivity index (χ3v) is 9.55. The molecule has 0 rings (SSSR count). The molecule has 0 fully saturated rings. The van der Waals surface area contributed by atoms with Crippen LogP contribution in [0.3, 0.4) is 0 Å². The predicted molar refractivity (Wildman–Crippen MR) is 218 cm³/mol. The summed E-state index contributed by atoms with van der Waals surface area (Å²) in [6.07, 6.45) is 55.9. The summed E-state index contributed by atoms with van der Waals surface area (Å²) < 4.78 is 6.02. The van der Waals surface area contributed by atoms with Crippen LogP contribution in [0.5, 0.6) is 0 Å². The topological polar surface area (TPSA) is 63.6 Å². The van der Waals surface area contributed by atoms with E-state index in [0.29, 0.717) is 12.8 Å². The molecule has 1 atom stereocenters. The molecule has 4 nitrogen and oxygen atoms in total. The number of carboxylic acids is 1. The van der Waals surface area contributed by atoms with E-state index >= 15 is 0 Å². The number of carbonyl (C=O) groups excluding carboxylic acids is 1. The van der Waals surface area contributed by atoms with Crippen molar-refractivity contribution in [1.29, 1.82) is 0 Å². The highest BCUT2D eigenvalue weighted by Gasteiger charge is 2.14. The van der Waals surface area contributed by atoms with Crippen molar-refractivity contribution in [3.8, 4) is 0 Å². The number of carboxylic acid groups (broad SMARTS) is 1. The van der Waals surface area contributed by atoms with Crippen molar-refractivity contribution in [1.82, 2.24) is 0 Å². The van der Waals surface area contributed by atoms with Crippen LogP contribution in [0.4, 0.5) is 0 Å². The SMILES string of the molecule is CCCCC/C=C\C/C=C\C/C=C\C/C=C\CCCCCC(=O)OC(CCCCCCC)CCCCCCCCCCCCCCCC(=O)O. The normalized spacial score (nSPS) is 12.7. The first-order valence-corrected chi connectivity index (χ1v) is 21.6. The first-order valence-electron chi connectivity index (χ1n) is 21.6. The molecule has 0 saturated heterocycles. The Morgan fingerprint density at radius 1 is 0.440 bits per heavy atom. The number of unbranched alkanes of at least 4 members (excludes halogenated alkanes) is 22. The Labute approximate surface area is 311 Å². The lowest BCUT2D eigenvalue weighted by atomic mass is 10.0. The van der Waals surface area contributed by atoms with Crippen molar-refractivity contribution in [3.05, 3.63) is 48.6 Å². The highest BCUT2D eigenvalue weighted by molar-refractivity contribution is 5.69. The van der Waals surface area contributed by atoms with E-state index in [4.69, 9.17) is 9.84 Å². The average molecular weight is 699 g/mol. The Kier molecular flexibility index (Phi) is 39.6. The molecule has 0 amide bonds. The van der Waals surface area contributed by atoms with E-state index in [-0.39, 0.29) is 12.1 Å². The summed E-state index contributed by atoms with van der Waals surface area (Å²) in [4.78, 5) is 23.2. The van der Waals surface area contributed by atoms with Gasteiger partial charge in [0.2, 0.25) is 0 Å². The molecular formula is C46H82O4. The largest absolute Gasteiger partial charge is 0.481 e. The molecule has 0 aromatic heterocycles. The van der Waals surface area contributed by atoms with E-state index in [2.05, 4.69) is 62.5 Å². The third kappa shape index (κ3) is 40.3. The molecule has 1 unspecified atom stereocenters. The van der Waals surface area contributed by atoms with Crippen LogP contribution >= 0.6 is 0 Å². The molecule has 50 heavy (non-hydrogen) atoms. The van der Waals surface area contributed by atoms with Crippen LogP contribution in [-0.2, 0) is 14.3 Å². The predicted octanol–water partition coefficient (Wildman–Crippen LogP) is 15.1. The van der Waals surface area contributed by atoms with Gasteiger partial charge in [-0.05, 0) is 83.5 Å². The molecule has 0 aliphatic rings. The van der Waals surface area contributed by atoms with Crippen molar-refractivity contribution in [2.45, 2.75) is 232 Å². The zero-order valence-electron chi connectivity index (χ0n) is 33.2. The molecule has 0 aromatic carbocycles. The van der Waals surface area contributed by atoms with Crippen LogP contribution in [0.15, 0.2) is 48.6 Å². The molecule has 0 aliphatic heterocycles. The van der Waals surface area contributed by atoms with E-state index in [1.54, 1.807) is 0 Å². The highest BCUT2D eigenvalue weighted by atomic mass is 16.5. The molecule has 290 valence electrons. The summed E-state index contributed by atoms with van der Waals surface area (Å²) in [6.45, 7) is 4.50. The smallest absolute Gasteiger partial charge is 0.306 e. The van der Waals surface area contributed by atoms with Crippen LogP contribution in [-0.4, -0.2) is 23.1 Å². The number of esters is 1. The van der Waals surface area contributed by atoms with E-state index < -0.39 is 5.97 Å². The summed E-state index contributed by atoms with van der Waals surface area (Å²) in [5.74, 6) is -0.654. The minimum atomic E-state index is -0.669. The maximum Gasteiger partial charge on any atom is 0.306 e. The van der Waals surface area contributed by atoms with Gasteiger partial charge in [-0.15, -0.1) is 0 Å². The Hall–Kier alpha value is -2.10. The summed E-state index contributed by atoms with van der Waals surface area (Å²) >= 11 is 0. The molecule has 0 bridgehead atoms. The fraction of sp³-hybridized carbons (Fsp3) is 0.783. The number of carbonyl (C=O) groups is 2. The standard InChI is InChI=1S/C46H82O4/c1-3-5-7-9-10-11-12-13-14-15-16-17-18-22-25-28-31-35-39-43-46(49)50-44(40-36-32-8-6-4-2)41-37-33-29-26-23-20-19-21-24-27-30-34-38-42-45(47)48/h10-11,13-14,16-17,22,25,44H,3-9,12,15,18-21,23-24,26-43H2,1-2H3,(H,47,48)/b11-10-,14-13-,17-16-,25-22-. The number of allylic oxidation sites excluding steroid dienone is 8. The molecular weight excluding hydrogens is 617 g/mol. The van der Waals surface area contributed by atoms with Gasteiger partial charge in [0.15, 0.2) is 0 Å². The number of hydrogen-bond donors (Lipinski definition) is 1. The van der Waals surface area contributed by atoms with Crippen molar-refractivity contribution in [2.24, 2.45) is 0 Å². The maximum atomic E-state index is 12.7.